The molecule has 0 atom stereocenters. The van der Waals surface area contributed by atoms with Gasteiger partial charge < -0.3 is 0 Å². The van der Waals surface area contributed by atoms with Crippen LogP contribution in [-0.2, 0) is 6.42 Å². The van der Waals surface area contributed by atoms with Crippen molar-refractivity contribution in [1.82, 2.24) is 14.6 Å². The van der Waals surface area contributed by atoms with E-state index >= 15 is 0 Å². The van der Waals surface area contributed by atoms with Gasteiger partial charge in [-0.15, -0.1) is 10.2 Å². The van der Waals surface area contributed by atoms with E-state index in [1.807, 2.05) is 10.5 Å². The maximum atomic E-state index is 14.1. The van der Waals surface area contributed by atoms with E-state index < -0.39 is 0 Å². The fourth-order valence-electron chi connectivity index (χ4n) is 2.89. The van der Waals surface area contributed by atoms with Crippen LogP contribution >= 0.6 is 11.3 Å². The topological polar surface area (TPSA) is 30.2 Å². The zero-order chi connectivity index (χ0) is 15.4. The molecule has 3 nitrogen and oxygen atoms in total. The van der Waals surface area contributed by atoms with Gasteiger partial charge in [-0.05, 0) is 18.6 Å². The molecular formula is C17H22FN3S. The molecule has 2 heterocycles. The van der Waals surface area contributed by atoms with E-state index in [-0.39, 0.29) is 5.82 Å². The zero-order valence-electron chi connectivity index (χ0n) is 13.0. The molecule has 3 rings (SSSR count). The molecule has 0 unspecified atom stereocenters. The van der Waals surface area contributed by atoms with E-state index in [0.717, 1.165) is 28.3 Å². The summed E-state index contributed by atoms with van der Waals surface area (Å²) in [7, 11) is 0. The lowest BCUT2D eigenvalue weighted by Crippen LogP contribution is -1.96. The first-order chi connectivity index (χ1) is 10.8. The fraction of sp³-hybridized carbons (Fsp3) is 0.529. The Kier molecular flexibility index (Phi) is 5.03. The highest BCUT2D eigenvalue weighted by Gasteiger charge is 2.14. The van der Waals surface area contributed by atoms with Gasteiger partial charge in [0.25, 0.3) is 0 Å². The molecule has 5 heteroatoms. The summed E-state index contributed by atoms with van der Waals surface area (Å²) in [4.78, 5) is 0.790. The Hall–Kier alpha value is -1.49. The number of nitrogens with zero attached hydrogens (tertiary/aromatic N) is 3. The predicted molar refractivity (Wildman–Crippen MR) is 90.0 cm³/mol. The van der Waals surface area contributed by atoms with Crippen molar-refractivity contribution in [2.24, 2.45) is 0 Å². The van der Waals surface area contributed by atoms with Crippen LogP contribution in [0.5, 0.6) is 0 Å². The van der Waals surface area contributed by atoms with Crippen LogP contribution in [-0.4, -0.2) is 14.6 Å². The maximum Gasteiger partial charge on any atom is 0.217 e. The number of rotatable bonds is 8. The number of para-hydroxylation sites is 1. The second-order valence-electron chi connectivity index (χ2n) is 5.79. The normalized spacial score (nSPS) is 11.7. The highest BCUT2D eigenvalue weighted by molar-refractivity contribution is 7.23. The molecule has 0 bridgehead atoms. The first kappa shape index (κ1) is 15.4. The number of thiazole rings is 1. The Labute approximate surface area is 134 Å². The lowest BCUT2D eigenvalue weighted by Gasteiger charge is -2.01. The summed E-state index contributed by atoms with van der Waals surface area (Å²) in [6.07, 6.45) is 9.74. The van der Waals surface area contributed by atoms with Crippen LogP contribution < -0.4 is 0 Å². The van der Waals surface area contributed by atoms with Gasteiger partial charge in [-0.3, -0.25) is 4.40 Å². The van der Waals surface area contributed by atoms with Crippen LogP contribution in [0, 0.1) is 5.82 Å². The summed E-state index contributed by atoms with van der Waals surface area (Å²) in [5, 5.41) is 8.45. The van der Waals surface area contributed by atoms with E-state index in [4.69, 9.17) is 0 Å². The number of hydrogen-bond acceptors (Lipinski definition) is 3. The quantitative estimate of drug-likeness (QED) is 0.522. The van der Waals surface area contributed by atoms with Crippen molar-refractivity contribution in [1.29, 1.82) is 0 Å². The van der Waals surface area contributed by atoms with Crippen LogP contribution in [0.3, 0.4) is 0 Å². The van der Waals surface area contributed by atoms with Gasteiger partial charge in [0.2, 0.25) is 4.96 Å². The highest BCUT2D eigenvalue weighted by atomic mass is 32.1. The number of benzene rings is 1. The predicted octanol–water partition coefficient (Wildman–Crippen LogP) is 5.38. The molecule has 0 radical (unpaired) electrons. The Morgan fingerprint density at radius 1 is 1.05 bits per heavy atom. The maximum absolute atomic E-state index is 14.1. The molecular weight excluding hydrogens is 297 g/mol. The number of aryl methyl sites for hydroxylation is 1. The van der Waals surface area contributed by atoms with E-state index in [1.54, 1.807) is 6.07 Å². The molecule has 1 aromatic carbocycles. The minimum absolute atomic E-state index is 0.190. The van der Waals surface area contributed by atoms with Crippen molar-refractivity contribution in [2.45, 2.75) is 58.3 Å². The summed E-state index contributed by atoms with van der Waals surface area (Å²) in [6.45, 7) is 2.24. The van der Waals surface area contributed by atoms with Gasteiger partial charge in [0, 0.05) is 6.42 Å². The van der Waals surface area contributed by atoms with Crippen LogP contribution in [0.1, 0.15) is 57.7 Å². The van der Waals surface area contributed by atoms with Crippen molar-refractivity contribution in [3.63, 3.8) is 0 Å². The average molecular weight is 319 g/mol. The molecule has 0 aliphatic carbocycles. The van der Waals surface area contributed by atoms with Gasteiger partial charge in [-0.1, -0.05) is 62.9 Å². The van der Waals surface area contributed by atoms with Gasteiger partial charge in [-0.2, -0.15) is 0 Å². The molecule has 0 spiro atoms. The molecule has 0 aliphatic heterocycles. The summed E-state index contributed by atoms with van der Waals surface area (Å²) < 4.78 is 16.9. The first-order valence-corrected chi connectivity index (χ1v) is 9.04. The second-order valence-corrected chi connectivity index (χ2v) is 6.80. The number of hydrogen-bond donors (Lipinski definition) is 0. The number of halogens is 1. The van der Waals surface area contributed by atoms with Crippen molar-refractivity contribution in [2.75, 3.05) is 0 Å². The van der Waals surface area contributed by atoms with Crippen molar-refractivity contribution >= 4 is 26.5 Å². The molecule has 0 N–H and O–H groups in total. The van der Waals surface area contributed by atoms with Crippen molar-refractivity contribution < 1.29 is 4.39 Å². The summed E-state index contributed by atoms with van der Waals surface area (Å²) in [6, 6.07) is 5.19. The monoisotopic (exact) mass is 319 g/mol. The van der Waals surface area contributed by atoms with Gasteiger partial charge in [0.1, 0.15) is 17.2 Å². The number of unbranched alkanes of at least 4 members (excludes halogenated alkanes) is 6. The SMILES string of the molecule is CCCCCCCCCc1nnc2sc3cccc(F)c3n12. The van der Waals surface area contributed by atoms with E-state index in [2.05, 4.69) is 17.1 Å². The lowest BCUT2D eigenvalue weighted by molar-refractivity contribution is 0.583. The Morgan fingerprint density at radius 2 is 1.82 bits per heavy atom. The molecule has 2 aromatic heterocycles. The highest BCUT2D eigenvalue weighted by Crippen LogP contribution is 2.28. The number of fused-ring (bicyclic) bond motifs is 3. The molecule has 0 saturated carbocycles. The van der Waals surface area contributed by atoms with Crippen LogP contribution in [0.15, 0.2) is 18.2 Å². The van der Waals surface area contributed by atoms with E-state index in [9.17, 15) is 4.39 Å². The minimum atomic E-state index is -0.190. The lowest BCUT2D eigenvalue weighted by atomic mass is 10.1. The molecule has 0 fully saturated rings. The Bertz CT molecular complexity index is 747. The average Bonchev–Trinajstić information content (AvgIpc) is 3.06. The van der Waals surface area contributed by atoms with Gasteiger partial charge in [0.15, 0.2) is 0 Å². The minimum Gasteiger partial charge on any atom is -0.266 e. The molecule has 3 aromatic rings. The van der Waals surface area contributed by atoms with Gasteiger partial charge in [-0.25, -0.2) is 4.39 Å². The van der Waals surface area contributed by atoms with E-state index in [0.29, 0.717) is 5.52 Å². The Balaban J connectivity index is 1.66. The summed E-state index contributed by atoms with van der Waals surface area (Å²) in [5.74, 6) is 0.698. The first-order valence-electron chi connectivity index (χ1n) is 8.22. The molecule has 0 aliphatic rings. The molecule has 118 valence electrons. The molecule has 0 amide bonds. The summed E-state index contributed by atoms with van der Waals surface area (Å²) in [5.41, 5.74) is 0.630. The third-order valence-electron chi connectivity index (χ3n) is 4.08. The fourth-order valence-corrected chi connectivity index (χ4v) is 3.88. The Morgan fingerprint density at radius 3 is 2.64 bits per heavy atom. The second kappa shape index (κ2) is 7.18. The largest absolute Gasteiger partial charge is 0.266 e. The van der Waals surface area contributed by atoms with Gasteiger partial charge in [0.05, 0.1) is 4.70 Å². The summed E-state index contributed by atoms with van der Waals surface area (Å²) >= 11 is 1.50. The third kappa shape index (κ3) is 3.14. The zero-order valence-corrected chi connectivity index (χ0v) is 13.8. The molecule has 0 saturated heterocycles. The van der Waals surface area contributed by atoms with Crippen molar-refractivity contribution in [3.05, 3.63) is 29.8 Å². The smallest absolute Gasteiger partial charge is 0.217 e. The van der Waals surface area contributed by atoms with E-state index in [1.165, 1.54) is 55.9 Å². The molecule has 22 heavy (non-hydrogen) atoms. The number of aromatic nitrogens is 3. The van der Waals surface area contributed by atoms with Gasteiger partial charge >= 0.3 is 0 Å². The van der Waals surface area contributed by atoms with Crippen LogP contribution in [0.2, 0.25) is 0 Å². The standard InChI is InChI=1S/C17H22FN3S/c1-2-3-4-5-6-7-8-12-15-19-20-17-21(15)16-13(18)10-9-11-14(16)22-17/h9-11H,2-8,12H2,1H3. The van der Waals surface area contributed by atoms with Crippen LogP contribution in [0.4, 0.5) is 4.39 Å². The third-order valence-corrected chi connectivity index (χ3v) is 5.08. The van der Waals surface area contributed by atoms with Crippen LogP contribution in [0.25, 0.3) is 15.2 Å². The van der Waals surface area contributed by atoms with Crippen molar-refractivity contribution in [3.8, 4) is 0 Å².